The predicted molar refractivity (Wildman–Crippen MR) is 76.0 cm³/mol. The van der Waals surface area contributed by atoms with Crippen molar-refractivity contribution < 1.29 is 9.90 Å². The van der Waals surface area contributed by atoms with E-state index in [0.29, 0.717) is 13.0 Å². The molecule has 0 aromatic rings. The number of aliphatic hydroxyl groups excluding tert-OH is 1. The zero-order valence-electron chi connectivity index (χ0n) is 11.7. The van der Waals surface area contributed by atoms with Crippen LogP contribution in [0.2, 0.25) is 0 Å². The van der Waals surface area contributed by atoms with Gasteiger partial charge in [0, 0.05) is 13.1 Å². The molecule has 0 spiro atoms. The third kappa shape index (κ3) is 4.41. The summed E-state index contributed by atoms with van der Waals surface area (Å²) in [6.07, 6.45) is 3.41. The van der Waals surface area contributed by atoms with E-state index in [-0.39, 0.29) is 35.9 Å². The summed E-state index contributed by atoms with van der Waals surface area (Å²) in [6.45, 7) is 7.80. The lowest BCUT2D eigenvalue weighted by Gasteiger charge is -2.31. The van der Waals surface area contributed by atoms with Crippen molar-refractivity contribution in [2.75, 3.05) is 13.1 Å². The van der Waals surface area contributed by atoms with E-state index in [1.807, 2.05) is 0 Å². The lowest BCUT2D eigenvalue weighted by atomic mass is 9.80. The van der Waals surface area contributed by atoms with Gasteiger partial charge in [0.15, 0.2) is 0 Å². The van der Waals surface area contributed by atoms with Crippen molar-refractivity contribution in [1.82, 2.24) is 10.6 Å². The smallest absolute Gasteiger partial charge is 0.237 e. The van der Waals surface area contributed by atoms with E-state index in [0.717, 1.165) is 25.8 Å². The summed E-state index contributed by atoms with van der Waals surface area (Å²) in [6, 6.07) is -0.215. The Balaban J connectivity index is 0.00000289. The highest BCUT2D eigenvalue weighted by atomic mass is 35.5. The number of hydrogen-bond donors (Lipinski definition) is 3. The van der Waals surface area contributed by atoms with Crippen molar-refractivity contribution in [1.29, 1.82) is 0 Å². The first-order valence-electron chi connectivity index (χ1n) is 6.76. The van der Waals surface area contributed by atoms with E-state index in [1.54, 1.807) is 0 Å². The van der Waals surface area contributed by atoms with E-state index in [4.69, 9.17) is 0 Å². The number of aliphatic hydroxyl groups is 1. The van der Waals surface area contributed by atoms with Crippen molar-refractivity contribution in [3.63, 3.8) is 0 Å². The highest BCUT2D eigenvalue weighted by molar-refractivity contribution is 5.85. The van der Waals surface area contributed by atoms with Crippen molar-refractivity contribution in [2.45, 2.75) is 58.6 Å². The zero-order chi connectivity index (χ0) is 12.9. The third-order valence-corrected chi connectivity index (χ3v) is 4.31. The molecule has 1 fully saturated rings. The van der Waals surface area contributed by atoms with Crippen LogP contribution in [0.25, 0.3) is 0 Å². The summed E-state index contributed by atoms with van der Waals surface area (Å²) in [5.74, 6) is 0.0290. The minimum atomic E-state index is -0.376. The zero-order valence-corrected chi connectivity index (χ0v) is 12.5. The molecule has 0 aromatic carbocycles. The molecule has 1 rings (SSSR count). The molecule has 18 heavy (non-hydrogen) atoms. The normalized spacial score (nSPS) is 23.6. The Hall–Kier alpha value is -0.320. The fraction of sp³-hybridized carbons (Fsp3) is 0.923. The van der Waals surface area contributed by atoms with Crippen LogP contribution in [-0.2, 0) is 4.79 Å². The number of nitrogens with one attached hydrogen (secondary N) is 2. The summed E-state index contributed by atoms with van der Waals surface area (Å²) in [5, 5.41) is 15.4. The van der Waals surface area contributed by atoms with Crippen LogP contribution in [0.3, 0.4) is 0 Å². The lowest BCUT2D eigenvalue weighted by Crippen LogP contribution is -2.44. The predicted octanol–water partition coefficient (Wildman–Crippen LogP) is 1.46. The standard InChI is InChI=1S/C13H26N2O2.ClH/c1-4-13(5-2,6-3)9-15-12(17)11-7-10(16)8-14-11;/h10-11,14,16H,4-9H2,1-3H3,(H,15,17);1H. The van der Waals surface area contributed by atoms with Crippen molar-refractivity contribution in [3.05, 3.63) is 0 Å². The summed E-state index contributed by atoms with van der Waals surface area (Å²) < 4.78 is 0. The monoisotopic (exact) mass is 278 g/mol. The molecule has 0 radical (unpaired) electrons. The number of amides is 1. The minimum absolute atomic E-state index is 0. The number of hydrogen-bond acceptors (Lipinski definition) is 3. The van der Waals surface area contributed by atoms with E-state index in [9.17, 15) is 9.90 Å². The topological polar surface area (TPSA) is 61.4 Å². The van der Waals surface area contributed by atoms with Gasteiger partial charge in [0.1, 0.15) is 0 Å². The molecule has 1 saturated heterocycles. The van der Waals surface area contributed by atoms with Crippen LogP contribution in [0, 0.1) is 5.41 Å². The summed E-state index contributed by atoms with van der Waals surface area (Å²) in [7, 11) is 0. The second-order valence-electron chi connectivity index (χ2n) is 5.13. The molecule has 0 aliphatic carbocycles. The van der Waals surface area contributed by atoms with Crippen LogP contribution < -0.4 is 10.6 Å². The van der Waals surface area contributed by atoms with Gasteiger partial charge < -0.3 is 15.7 Å². The number of carbonyl (C=O) groups excluding carboxylic acids is 1. The second kappa shape index (κ2) is 7.97. The Morgan fingerprint density at radius 3 is 2.28 bits per heavy atom. The molecule has 1 aliphatic heterocycles. The largest absolute Gasteiger partial charge is 0.392 e. The number of β-amino-alcohol motifs (C(OH)–C–C–N with tert-alkyl or cyclic N) is 1. The molecule has 0 aromatic heterocycles. The van der Waals surface area contributed by atoms with Gasteiger partial charge in [-0.05, 0) is 31.1 Å². The maximum absolute atomic E-state index is 11.9. The van der Waals surface area contributed by atoms with Gasteiger partial charge in [-0.15, -0.1) is 12.4 Å². The Bertz CT molecular complexity index is 249. The SMILES string of the molecule is CCC(CC)(CC)CNC(=O)C1CC(O)CN1.Cl. The van der Waals surface area contributed by atoms with Gasteiger partial charge >= 0.3 is 0 Å². The van der Waals surface area contributed by atoms with Crippen LogP contribution in [0.4, 0.5) is 0 Å². The molecule has 1 amide bonds. The van der Waals surface area contributed by atoms with Gasteiger partial charge in [-0.2, -0.15) is 0 Å². The van der Waals surface area contributed by atoms with E-state index < -0.39 is 0 Å². The summed E-state index contributed by atoms with van der Waals surface area (Å²) in [5.41, 5.74) is 0.229. The maximum Gasteiger partial charge on any atom is 0.237 e. The molecule has 0 saturated carbocycles. The molecule has 1 heterocycles. The van der Waals surface area contributed by atoms with Crippen LogP contribution in [0.5, 0.6) is 0 Å². The van der Waals surface area contributed by atoms with Crippen molar-refractivity contribution in [3.8, 4) is 0 Å². The van der Waals surface area contributed by atoms with Gasteiger partial charge in [0.2, 0.25) is 5.91 Å². The first kappa shape index (κ1) is 17.7. The Morgan fingerprint density at radius 1 is 1.33 bits per heavy atom. The fourth-order valence-corrected chi connectivity index (χ4v) is 2.44. The summed E-state index contributed by atoms with van der Waals surface area (Å²) in [4.78, 5) is 11.9. The minimum Gasteiger partial charge on any atom is -0.392 e. The third-order valence-electron chi connectivity index (χ3n) is 4.31. The van der Waals surface area contributed by atoms with E-state index >= 15 is 0 Å². The fourth-order valence-electron chi connectivity index (χ4n) is 2.44. The molecule has 0 bridgehead atoms. The van der Waals surface area contributed by atoms with E-state index in [1.165, 1.54) is 0 Å². The summed E-state index contributed by atoms with van der Waals surface area (Å²) >= 11 is 0. The second-order valence-corrected chi connectivity index (χ2v) is 5.13. The van der Waals surface area contributed by atoms with Crippen molar-refractivity contribution in [2.24, 2.45) is 5.41 Å². The highest BCUT2D eigenvalue weighted by Crippen LogP contribution is 2.29. The molecule has 3 N–H and O–H groups in total. The molecule has 4 nitrogen and oxygen atoms in total. The number of carbonyl (C=O) groups is 1. The van der Waals surface area contributed by atoms with Crippen molar-refractivity contribution >= 4 is 18.3 Å². The lowest BCUT2D eigenvalue weighted by molar-refractivity contribution is -0.123. The van der Waals surface area contributed by atoms with Crippen LogP contribution in [0.1, 0.15) is 46.5 Å². The van der Waals surface area contributed by atoms with Crippen LogP contribution in [0.15, 0.2) is 0 Å². The molecule has 108 valence electrons. The number of rotatable bonds is 6. The molecular weight excluding hydrogens is 252 g/mol. The Morgan fingerprint density at radius 2 is 1.89 bits per heavy atom. The Labute approximate surface area is 116 Å². The molecular formula is C13H27ClN2O2. The Kier molecular flexibility index (Phi) is 7.83. The molecule has 2 unspecified atom stereocenters. The first-order chi connectivity index (χ1) is 8.06. The first-order valence-corrected chi connectivity index (χ1v) is 6.76. The van der Waals surface area contributed by atoms with Crippen LogP contribution in [-0.4, -0.2) is 36.2 Å². The quantitative estimate of drug-likeness (QED) is 0.689. The van der Waals surface area contributed by atoms with Crippen LogP contribution >= 0.6 is 12.4 Å². The van der Waals surface area contributed by atoms with Gasteiger partial charge in [-0.1, -0.05) is 20.8 Å². The average molecular weight is 279 g/mol. The van der Waals surface area contributed by atoms with Gasteiger partial charge in [0.05, 0.1) is 12.1 Å². The van der Waals surface area contributed by atoms with Gasteiger partial charge in [0.25, 0.3) is 0 Å². The molecule has 2 atom stereocenters. The highest BCUT2D eigenvalue weighted by Gasteiger charge is 2.30. The average Bonchev–Trinajstić information content (AvgIpc) is 2.78. The molecule has 1 aliphatic rings. The molecule has 5 heteroatoms. The van der Waals surface area contributed by atoms with Gasteiger partial charge in [-0.3, -0.25) is 4.79 Å². The maximum atomic E-state index is 11.9. The van der Waals surface area contributed by atoms with Gasteiger partial charge in [-0.25, -0.2) is 0 Å². The van der Waals surface area contributed by atoms with E-state index in [2.05, 4.69) is 31.4 Å². The number of halogens is 1.